The summed E-state index contributed by atoms with van der Waals surface area (Å²) >= 11 is 0. The van der Waals surface area contributed by atoms with Gasteiger partial charge in [0.05, 0.1) is 13.7 Å². The maximum atomic E-state index is 12.2. The Morgan fingerprint density at radius 1 is 1.14 bits per heavy atom. The van der Waals surface area contributed by atoms with Gasteiger partial charge in [-0.3, -0.25) is 14.6 Å². The smallest absolute Gasteiger partial charge is 0.251 e. The van der Waals surface area contributed by atoms with E-state index in [1.54, 1.807) is 38.3 Å². The summed E-state index contributed by atoms with van der Waals surface area (Å²) in [5.74, 6) is 1.43. The maximum Gasteiger partial charge on any atom is 0.251 e. The Kier molecular flexibility index (Phi) is 10.6. The molecule has 9 heteroatoms. The number of halogens is 1. The van der Waals surface area contributed by atoms with E-state index >= 15 is 0 Å². The fourth-order valence-electron chi connectivity index (χ4n) is 2.86. The number of nitrogens with zero attached hydrogens (tertiary/aromatic N) is 3. The van der Waals surface area contributed by atoms with Gasteiger partial charge in [-0.25, -0.2) is 0 Å². The Hall–Kier alpha value is -2.04. The van der Waals surface area contributed by atoms with Crippen molar-refractivity contribution >= 4 is 41.8 Å². The second-order valence-corrected chi connectivity index (χ2v) is 6.22. The lowest BCUT2D eigenvalue weighted by Crippen LogP contribution is -2.53. The van der Waals surface area contributed by atoms with Gasteiger partial charge in [-0.1, -0.05) is 6.07 Å². The number of methoxy groups -OCH3 is 1. The van der Waals surface area contributed by atoms with Crippen molar-refractivity contribution in [3.63, 3.8) is 0 Å². The van der Waals surface area contributed by atoms with E-state index in [-0.39, 0.29) is 35.8 Å². The van der Waals surface area contributed by atoms with Crippen molar-refractivity contribution < 1.29 is 14.3 Å². The zero-order valence-electron chi connectivity index (χ0n) is 16.7. The van der Waals surface area contributed by atoms with Gasteiger partial charge in [-0.05, 0) is 25.1 Å². The highest BCUT2D eigenvalue weighted by Crippen LogP contribution is 2.12. The average molecular weight is 503 g/mol. The van der Waals surface area contributed by atoms with Crippen LogP contribution < -0.4 is 15.4 Å². The summed E-state index contributed by atoms with van der Waals surface area (Å²) in [7, 11) is 1.57. The minimum absolute atomic E-state index is 0. The molecule has 0 radical (unpaired) electrons. The molecule has 0 aliphatic carbocycles. The Morgan fingerprint density at radius 2 is 1.82 bits per heavy atom. The summed E-state index contributed by atoms with van der Waals surface area (Å²) in [5, 5.41) is 6.15. The van der Waals surface area contributed by atoms with Crippen LogP contribution in [-0.4, -0.2) is 80.5 Å². The number of amides is 2. The van der Waals surface area contributed by atoms with Gasteiger partial charge < -0.3 is 25.2 Å². The van der Waals surface area contributed by atoms with Crippen molar-refractivity contribution in [2.75, 3.05) is 52.9 Å². The summed E-state index contributed by atoms with van der Waals surface area (Å²) in [6.45, 7) is 8.21. The highest BCUT2D eigenvalue weighted by Gasteiger charge is 2.20. The number of carbonyl (C=O) groups is 2. The Balaban J connectivity index is 0.00000392. The third-order valence-electron chi connectivity index (χ3n) is 4.35. The molecule has 1 aliphatic heterocycles. The number of rotatable bonds is 6. The SMILES string of the molecule is CCNC(=NCCNC(=O)c1cccc(OC)c1)N1CCN(C(C)=O)CC1.I. The van der Waals surface area contributed by atoms with Crippen LogP contribution in [-0.2, 0) is 4.79 Å². The monoisotopic (exact) mass is 503 g/mol. The van der Waals surface area contributed by atoms with Crippen molar-refractivity contribution in [2.24, 2.45) is 4.99 Å². The van der Waals surface area contributed by atoms with Crippen LogP contribution in [0.4, 0.5) is 0 Å². The summed E-state index contributed by atoms with van der Waals surface area (Å²) in [6, 6.07) is 7.04. The van der Waals surface area contributed by atoms with E-state index in [0.717, 1.165) is 25.6 Å². The Labute approximate surface area is 183 Å². The zero-order valence-corrected chi connectivity index (χ0v) is 19.1. The highest BCUT2D eigenvalue weighted by atomic mass is 127. The Bertz CT molecular complexity index is 675. The van der Waals surface area contributed by atoms with Gasteiger partial charge in [0.25, 0.3) is 5.91 Å². The highest BCUT2D eigenvalue weighted by molar-refractivity contribution is 14.0. The lowest BCUT2D eigenvalue weighted by Gasteiger charge is -2.36. The molecule has 8 nitrogen and oxygen atoms in total. The van der Waals surface area contributed by atoms with Crippen LogP contribution in [0, 0.1) is 0 Å². The van der Waals surface area contributed by atoms with E-state index in [4.69, 9.17) is 4.74 Å². The molecule has 0 bridgehead atoms. The quantitative estimate of drug-likeness (QED) is 0.264. The predicted molar refractivity (Wildman–Crippen MR) is 121 cm³/mol. The number of ether oxygens (including phenoxy) is 1. The molecule has 0 atom stereocenters. The summed E-state index contributed by atoms with van der Waals surface area (Å²) in [5.41, 5.74) is 0.561. The molecule has 0 aromatic heterocycles. The first kappa shape index (κ1) is 24.0. The molecule has 2 N–H and O–H groups in total. The van der Waals surface area contributed by atoms with Crippen molar-refractivity contribution in [3.05, 3.63) is 29.8 Å². The fourth-order valence-corrected chi connectivity index (χ4v) is 2.86. The van der Waals surface area contributed by atoms with E-state index in [1.807, 2.05) is 11.8 Å². The lowest BCUT2D eigenvalue weighted by molar-refractivity contribution is -0.130. The second kappa shape index (κ2) is 12.4. The van der Waals surface area contributed by atoms with Crippen LogP contribution in [0.3, 0.4) is 0 Å². The van der Waals surface area contributed by atoms with Crippen LogP contribution in [0.5, 0.6) is 5.75 Å². The normalized spacial score (nSPS) is 14.2. The molecule has 0 saturated carbocycles. The molecule has 1 heterocycles. The van der Waals surface area contributed by atoms with Gasteiger partial charge >= 0.3 is 0 Å². The van der Waals surface area contributed by atoms with Gasteiger partial charge in [0.1, 0.15) is 5.75 Å². The molecular formula is C19H30IN5O3. The summed E-state index contributed by atoms with van der Waals surface area (Å²) in [4.78, 5) is 32.2. The van der Waals surface area contributed by atoms with Crippen molar-refractivity contribution in [3.8, 4) is 5.75 Å². The number of piperazine rings is 1. The minimum atomic E-state index is -0.149. The molecule has 0 unspecified atom stereocenters. The number of carbonyl (C=O) groups excluding carboxylic acids is 2. The van der Waals surface area contributed by atoms with E-state index < -0.39 is 0 Å². The first-order valence-corrected chi connectivity index (χ1v) is 9.26. The third-order valence-corrected chi connectivity index (χ3v) is 4.35. The number of aliphatic imine (C=N–C) groups is 1. The molecule has 2 amide bonds. The van der Waals surface area contributed by atoms with Crippen LogP contribution in [0.2, 0.25) is 0 Å². The first-order valence-electron chi connectivity index (χ1n) is 9.26. The minimum Gasteiger partial charge on any atom is -0.497 e. The molecule has 28 heavy (non-hydrogen) atoms. The topological polar surface area (TPSA) is 86.3 Å². The maximum absolute atomic E-state index is 12.2. The number of benzene rings is 1. The van der Waals surface area contributed by atoms with Crippen molar-refractivity contribution in [2.45, 2.75) is 13.8 Å². The molecule has 1 aromatic rings. The van der Waals surface area contributed by atoms with Crippen LogP contribution in [0.25, 0.3) is 0 Å². The molecule has 1 fully saturated rings. The summed E-state index contributed by atoms with van der Waals surface area (Å²) in [6.07, 6.45) is 0. The van der Waals surface area contributed by atoms with Gasteiger partial charge in [0.2, 0.25) is 5.91 Å². The molecule has 2 rings (SSSR count). The Morgan fingerprint density at radius 3 is 2.43 bits per heavy atom. The zero-order chi connectivity index (χ0) is 19.6. The summed E-state index contributed by atoms with van der Waals surface area (Å²) < 4.78 is 5.14. The number of hydrogen-bond donors (Lipinski definition) is 2. The largest absolute Gasteiger partial charge is 0.497 e. The molecule has 1 aliphatic rings. The van der Waals surface area contributed by atoms with Crippen molar-refractivity contribution in [1.29, 1.82) is 0 Å². The molecular weight excluding hydrogens is 473 g/mol. The van der Waals surface area contributed by atoms with Gasteiger partial charge in [0.15, 0.2) is 5.96 Å². The van der Waals surface area contributed by atoms with Gasteiger partial charge in [-0.2, -0.15) is 0 Å². The van der Waals surface area contributed by atoms with Crippen LogP contribution >= 0.6 is 24.0 Å². The van der Waals surface area contributed by atoms with Gasteiger partial charge in [0, 0.05) is 51.8 Å². The average Bonchev–Trinajstić information content (AvgIpc) is 2.70. The molecule has 0 spiro atoms. The van der Waals surface area contributed by atoms with Crippen LogP contribution in [0.1, 0.15) is 24.2 Å². The van der Waals surface area contributed by atoms with E-state index in [1.165, 1.54) is 0 Å². The molecule has 1 aromatic carbocycles. The molecule has 1 saturated heterocycles. The lowest BCUT2D eigenvalue weighted by atomic mass is 10.2. The molecule has 156 valence electrons. The van der Waals surface area contributed by atoms with Crippen LogP contribution in [0.15, 0.2) is 29.3 Å². The first-order chi connectivity index (χ1) is 13.0. The van der Waals surface area contributed by atoms with E-state index in [9.17, 15) is 9.59 Å². The van der Waals surface area contributed by atoms with E-state index in [2.05, 4.69) is 20.5 Å². The standard InChI is InChI=1S/C19H29N5O3.HI/c1-4-20-19(24-12-10-23(11-13-24)15(2)25)22-9-8-21-18(26)16-6-5-7-17(14-16)27-3;/h5-7,14H,4,8-13H2,1-3H3,(H,20,22)(H,21,26);1H. The predicted octanol–water partition coefficient (Wildman–Crippen LogP) is 1.17. The third kappa shape index (κ3) is 7.17. The number of guanidine groups is 1. The number of hydrogen-bond acceptors (Lipinski definition) is 4. The van der Waals surface area contributed by atoms with Gasteiger partial charge in [-0.15, -0.1) is 24.0 Å². The van der Waals surface area contributed by atoms with Crippen molar-refractivity contribution in [1.82, 2.24) is 20.4 Å². The second-order valence-electron chi connectivity index (χ2n) is 6.22. The van der Waals surface area contributed by atoms with E-state index in [0.29, 0.717) is 37.5 Å². The number of nitrogens with one attached hydrogen (secondary N) is 2. The fraction of sp³-hybridized carbons (Fsp3) is 0.526.